The van der Waals surface area contributed by atoms with Gasteiger partial charge in [0.25, 0.3) is 0 Å². The van der Waals surface area contributed by atoms with Gasteiger partial charge in [-0.3, -0.25) is 4.68 Å². The summed E-state index contributed by atoms with van der Waals surface area (Å²) in [5, 5.41) is 3.47. The van der Waals surface area contributed by atoms with Gasteiger partial charge in [-0.05, 0) is 6.92 Å². The monoisotopic (exact) mass is 268 g/mol. The number of hydrogen-bond acceptors (Lipinski definition) is 3. The van der Waals surface area contributed by atoms with Crippen LogP contribution >= 0.6 is 0 Å². The van der Waals surface area contributed by atoms with Crippen LogP contribution in [0.5, 0.6) is 0 Å². The lowest BCUT2D eigenvalue weighted by Crippen LogP contribution is -2.21. The van der Waals surface area contributed by atoms with Crippen LogP contribution in [0.3, 0.4) is 0 Å². The van der Waals surface area contributed by atoms with Gasteiger partial charge in [0, 0.05) is 24.2 Å². The fourth-order valence-electron chi connectivity index (χ4n) is 2.00. The molecule has 17 heavy (non-hydrogen) atoms. The highest BCUT2D eigenvalue weighted by Gasteiger charge is 2.41. The predicted molar refractivity (Wildman–Crippen MR) is 54.1 cm³/mol. The van der Waals surface area contributed by atoms with E-state index in [0.717, 1.165) is 0 Å². The minimum atomic E-state index is -4.60. The van der Waals surface area contributed by atoms with Crippen molar-refractivity contribution in [3.05, 3.63) is 17.0 Å². The first-order chi connectivity index (χ1) is 7.74. The van der Waals surface area contributed by atoms with Crippen molar-refractivity contribution in [2.75, 3.05) is 5.75 Å². The van der Waals surface area contributed by atoms with Crippen LogP contribution < -0.4 is 0 Å². The number of aromatic nitrogens is 2. The number of halogens is 3. The molecule has 0 N–H and O–H groups in total. The fraction of sp³-hybridized carbons (Fsp3) is 0.667. The summed E-state index contributed by atoms with van der Waals surface area (Å²) < 4.78 is 62.1. The predicted octanol–water partition coefficient (Wildman–Crippen LogP) is 1.39. The van der Waals surface area contributed by atoms with Gasteiger partial charge < -0.3 is 0 Å². The third-order valence-corrected chi connectivity index (χ3v) is 4.30. The third kappa shape index (κ3) is 2.18. The van der Waals surface area contributed by atoms with Crippen LogP contribution in [-0.4, -0.2) is 24.0 Å². The summed E-state index contributed by atoms with van der Waals surface area (Å²) in [5.74, 6) is -0.667. The minimum Gasteiger partial charge on any atom is -0.269 e. The van der Waals surface area contributed by atoms with E-state index in [1.807, 2.05) is 0 Å². The average Bonchev–Trinajstić information content (AvgIpc) is 2.53. The van der Waals surface area contributed by atoms with Gasteiger partial charge in [0.15, 0.2) is 15.5 Å². The third-order valence-electron chi connectivity index (χ3n) is 2.75. The molecule has 2 heterocycles. The Kier molecular flexibility index (Phi) is 2.72. The highest BCUT2D eigenvalue weighted by atomic mass is 32.2. The summed E-state index contributed by atoms with van der Waals surface area (Å²) in [6.07, 6.45) is -4.49. The van der Waals surface area contributed by atoms with Crippen LogP contribution in [0.15, 0.2) is 0 Å². The van der Waals surface area contributed by atoms with Crippen LogP contribution in [0.2, 0.25) is 0 Å². The molecule has 0 fully saturated rings. The van der Waals surface area contributed by atoms with Crippen molar-refractivity contribution in [1.82, 2.24) is 9.78 Å². The van der Waals surface area contributed by atoms with Crippen molar-refractivity contribution in [3.8, 4) is 0 Å². The standard InChI is InChI=1S/C9H11F3N2O2S/c1-2-14-7-3-4-17(15,16)5-6(7)8(13-14)9(10,11)12/h2-5H2,1H3. The van der Waals surface area contributed by atoms with E-state index >= 15 is 0 Å². The summed E-state index contributed by atoms with van der Waals surface area (Å²) in [4.78, 5) is 0. The minimum absolute atomic E-state index is 0.106. The number of sulfone groups is 1. The molecular formula is C9H11F3N2O2S. The molecule has 0 radical (unpaired) electrons. The van der Waals surface area contributed by atoms with Gasteiger partial charge in [-0.1, -0.05) is 0 Å². The number of fused-ring (bicyclic) bond motifs is 1. The first-order valence-corrected chi connectivity index (χ1v) is 6.93. The van der Waals surface area contributed by atoms with Gasteiger partial charge in [-0.15, -0.1) is 0 Å². The maximum atomic E-state index is 12.7. The normalized spacial score (nSPS) is 19.1. The smallest absolute Gasteiger partial charge is 0.269 e. The molecule has 0 bridgehead atoms. The Morgan fingerprint density at radius 1 is 1.41 bits per heavy atom. The zero-order valence-electron chi connectivity index (χ0n) is 9.08. The van der Waals surface area contributed by atoms with E-state index in [1.165, 1.54) is 4.68 Å². The number of hydrogen-bond donors (Lipinski definition) is 0. The molecule has 1 aromatic rings. The van der Waals surface area contributed by atoms with Gasteiger partial charge in [-0.2, -0.15) is 18.3 Å². The molecule has 1 aliphatic rings. The lowest BCUT2D eigenvalue weighted by Gasteiger charge is -2.14. The van der Waals surface area contributed by atoms with Crippen LogP contribution in [0.1, 0.15) is 23.9 Å². The largest absolute Gasteiger partial charge is 0.435 e. The van der Waals surface area contributed by atoms with Gasteiger partial charge >= 0.3 is 6.18 Å². The van der Waals surface area contributed by atoms with Crippen molar-refractivity contribution in [1.29, 1.82) is 0 Å². The summed E-state index contributed by atoms with van der Waals surface area (Å²) in [7, 11) is -3.43. The van der Waals surface area contributed by atoms with Crippen molar-refractivity contribution in [2.45, 2.75) is 31.8 Å². The van der Waals surface area contributed by atoms with E-state index in [4.69, 9.17) is 0 Å². The van der Waals surface area contributed by atoms with Gasteiger partial charge in [0.1, 0.15) is 0 Å². The molecule has 96 valence electrons. The lowest BCUT2D eigenvalue weighted by molar-refractivity contribution is -0.142. The lowest BCUT2D eigenvalue weighted by atomic mass is 10.1. The Bertz CT molecular complexity index is 545. The Hall–Kier alpha value is -1.05. The zero-order chi connectivity index (χ0) is 12.8. The van der Waals surface area contributed by atoms with Crippen LogP contribution in [0.25, 0.3) is 0 Å². The van der Waals surface area contributed by atoms with E-state index < -0.39 is 27.5 Å². The molecule has 8 heteroatoms. The molecular weight excluding hydrogens is 257 g/mol. The first-order valence-electron chi connectivity index (χ1n) is 5.11. The topological polar surface area (TPSA) is 52.0 Å². The maximum absolute atomic E-state index is 12.7. The second-order valence-electron chi connectivity index (χ2n) is 3.93. The Labute approximate surface area is 96.3 Å². The Balaban J connectivity index is 2.61. The molecule has 0 aliphatic carbocycles. The van der Waals surface area contributed by atoms with Crippen molar-refractivity contribution < 1.29 is 21.6 Å². The highest BCUT2D eigenvalue weighted by molar-refractivity contribution is 7.90. The van der Waals surface area contributed by atoms with Crippen LogP contribution in [0, 0.1) is 0 Å². The fourth-order valence-corrected chi connectivity index (χ4v) is 3.39. The molecule has 0 aromatic carbocycles. The van der Waals surface area contributed by atoms with Crippen molar-refractivity contribution in [3.63, 3.8) is 0 Å². The number of aryl methyl sites for hydroxylation is 1. The van der Waals surface area contributed by atoms with Crippen molar-refractivity contribution in [2.24, 2.45) is 0 Å². The zero-order valence-corrected chi connectivity index (χ0v) is 9.90. The second kappa shape index (κ2) is 3.72. The average molecular weight is 268 g/mol. The SMILES string of the molecule is CCn1nc(C(F)(F)F)c2c1CCS(=O)(=O)C2. The molecule has 0 saturated carbocycles. The van der Waals surface area contributed by atoms with Gasteiger partial charge in [-0.25, -0.2) is 8.42 Å². The quantitative estimate of drug-likeness (QED) is 0.773. The molecule has 4 nitrogen and oxygen atoms in total. The van der Waals surface area contributed by atoms with Gasteiger partial charge in [0.2, 0.25) is 0 Å². The summed E-state index contributed by atoms with van der Waals surface area (Å²) in [5.41, 5.74) is -0.835. The Morgan fingerprint density at radius 3 is 2.59 bits per heavy atom. The molecule has 1 aliphatic heterocycles. The van der Waals surface area contributed by atoms with E-state index in [1.54, 1.807) is 6.92 Å². The van der Waals surface area contributed by atoms with E-state index in [-0.39, 0.29) is 17.7 Å². The first kappa shape index (κ1) is 12.4. The van der Waals surface area contributed by atoms with Crippen LogP contribution in [0.4, 0.5) is 13.2 Å². The van der Waals surface area contributed by atoms with Gasteiger partial charge in [0.05, 0.1) is 11.5 Å². The molecule has 1 aromatic heterocycles. The summed E-state index contributed by atoms with van der Waals surface area (Å²) in [6, 6.07) is 0. The number of alkyl halides is 3. The van der Waals surface area contributed by atoms with E-state index in [2.05, 4.69) is 5.10 Å². The molecule has 0 atom stereocenters. The summed E-state index contributed by atoms with van der Waals surface area (Å²) in [6.45, 7) is 1.98. The summed E-state index contributed by atoms with van der Waals surface area (Å²) >= 11 is 0. The van der Waals surface area contributed by atoms with Crippen molar-refractivity contribution >= 4 is 9.84 Å². The number of nitrogens with zero attached hydrogens (tertiary/aromatic N) is 2. The molecule has 0 unspecified atom stereocenters. The van der Waals surface area contributed by atoms with Crippen LogP contribution in [-0.2, 0) is 34.7 Å². The molecule has 2 rings (SSSR count). The molecule has 0 saturated heterocycles. The molecule has 0 amide bonds. The molecule has 0 spiro atoms. The van der Waals surface area contributed by atoms with E-state index in [0.29, 0.717) is 12.2 Å². The number of rotatable bonds is 1. The van der Waals surface area contributed by atoms with E-state index in [9.17, 15) is 21.6 Å². The maximum Gasteiger partial charge on any atom is 0.435 e. The highest BCUT2D eigenvalue weighted by Crippen LogP contribution is 2.35. The Morgan fingerprint density at radius 2 is 2.06 bits per heavy atom. The second-order valence-corrected chi connectivity index (χ2v) is 6.11.